The number of halogens is 1. The first-order valence-electron chi connectivity index (χ1n) is 7.82. The van der Waals surface area contributed by atoms with Gasteiger partial charge >= 0.3 is 0 Å². The molecule has 1 amide bonds. The first kappa shape index (κ1) is 18.0. The van der Waals surface area contributed by atoms with Crippen molar-refractivity contribution in [3.8, 4) is 0 Å². The van der Waals surface area contributed by atoms with Gasteiger partial charge in [-0.25, -0.2) is 0 Å². The molecule has 1 aromatic carbocycles. The first-order valence-corrected chi connectivity index (χ1v) is 8.26. The van der Waals surface area contributed by atoms with Crippen LogP contribution in [0.5, 0.6) is 0 Å². The lowest BCUT2D eigenvalue weighted by Gasteiger charge is -2.20. The molecule has 1 rings (SSSR count). The van der Waals surface area contributed by atoms with Gasteiger partial charge in [-0.1, -0.05) is 59.6 Å². The molecule has 118 valence electrons. The number of carbonyl (C=O) groups is 1. The van der Waals surface area contributed by atoms with E-state index in [2.05, 4.69) is 39.9 Å². The van der Waals surface area contributed by atoms with Crippen molar-refractivity contribution in [3.63, 3.8) is 0 Å². The minimum Gasteiger partial charge on any atom is -0.351 e. The number of hydrogen-bond donors (Lipinski definition) is 1. The molecule has 0 saturated heterocycles. The summed E-state index contributed by atoms with van der Waals surface area (Å²) in [4.78, 5) is 12.1. The molecule has 1 aromatic rings. The highest BCUT2D eigenvalue weighted by Crippen LogP contribution is 2.22. The van der Waals surface area contributed by atoms with Crippen LogP contribution in [0.4, 0.5) is 0 Å². The molecule has 0 radical (unpaired) electrons. The van der Waals surface area contributed by atoms with Crippen molar-refractivity contribution in [2.24, 2.45) is 5.92 Å². The maximum Gasteiger partial charge on any atom is 0.251 e. The lowest BCUT2D eigenvalue weighted by atomic mass is 9.87. The quantitative estimate of drug-likeness (QED) is 0.754. The minimum absolute atomic E-state index is 0.00204. The van der Waals surface area contributed by atoms with Crippen LogP contribution in [0.3, 0.4) is 0 Å². The molecule has 2 nitrogen and oxygen atoms in total. The fraction of sp³-hybridized carbons (Fsp3) is 0.611. The minimum atomic E-state index is -0.0490. The fourth-order valence-corrected chi connectivity index (χ4v) is 2.81. The molecule has 0 aromatic heterocycles. The summed E-state index contributed by atoms with van der Waals surface area (Å²) in [6, 6.07) is 7.81. The third-order valence-electron chi connectivity index (χ3n) is 4.03. The normalized spacial score (nSPS) is 13.3. The van der Waals surface area contributed by atoms with E-state index in [4.69, 9.17) is 11.6 Å². The summed E-state index contributed by atoms with van der Waals surface area (Å²) in [5, 5.41) is 2.93. The summed E-state index contributed by atoms with van der Waals surface area (Å²) in [5.74, 6) is 0.405. The monoisotopic (exact) mass is 309 g/mol. The zero-order valence-electron chi connectivity index (χ0n) is 13.9. The molecule has 1 atom stereocenters. The van der Waals surface area contributed by atoms with Crippen molar-refractivity contribution in [3.05, 3.63) is 35.4 Å². The van der Waals surface area contributed by atoms with Gasteiger partial charge in [0.25, 0.3) is 5.91 Å². The highest BCUT2D eigenvalue weighted by Gasteiger charge is 2.18. The van der Waals surface area contributed by atoms with Crippen LogP contribution < -0.4 is 5.32 Å². The highest BCUT2D eigenvalue weighted by atomic mass is 35.5. The van der Waals surface area contributed by atoms with Gasteiger partial charge in [0, 0.05) is 12.1 Å². The van der Waals surface area contributed by atoms with Crippen molar-refractivity contribution in [1.29, 1.82) is 0 Å². The van der Waals surface area contributed by atoms with Crippen molar-refractivity contribution >= 4 is 17.5 Å². The van der Waals surface area contributed by atoms with Gasteiger partial charge < -0.3 is 5.32 Å². The standard InChI is InChI=1S/C18H28ClNO/c1-6-13(7-2)16(19)12-20-17(21)14-8-10-15(11-9-14)18(3,4)5/h8-11,13,16H,6-7,12H2,1-5H3,(H,20,21). The van der Waals surface area contributed by atoms with E-state index in [0.717, 1.165) is 12.8 Å². The summed E-state index contributed by atoms with van der Waals surface area (Å²) in [7, 11) is 0. The molecular weight excluding hydrogens is 282 g/mol. The Morgan fingerprint density at radius 3 is 2.10 bits per heavy atom. The second kappa shape index (κ2) is 7.84. The van der Waals surface area contributed by atoms with Crippen molar-refractivity contribution in [1.82, 2.24) is 5.32 Å². The maximum atomic E-state index is 12.1. The largest absolute Gasteiger partial charge is 0.351 e. The average molecular weight is 310 g/mol. The van der Waals surface area contributed by atoms with Gasteiger partial charge in [0.1, 0.15) is 0 Å². The van der Waals surface area contributed by atoms with E-state index in [1.54, 1.807) is 0 Å². The number of alkyl halides is 1. The number of amides is 1. The Morgan fingerprint density at radius 2 is 1.67 bits per heavy atom. The van der Waals surface area contributed by atoms with Crippen LogP contribution in [0, 0.1) is 5.92 Å². The van der Waals surface area contributed by atoms with Crippen molar-refractivity contribution < 1.29 is 4.79 Å². The smallest absolute Gasteiger partial charge is 0.251 e. The average Bonchev–Trinajstić information content (AvgIpc) is 2.45. The lowest BCUT2D eigenvalue weighted by Crippen LogP contribution is -2.33. The summed E-state index contributed by atoms with van der Waals surface area (Å²) in [5.41, 5.74) is 2.02. The van der Waals surface area contributed by atoms with Crippen LogP contribution in [0.25, 0.3) is 0 Å². The SMILES string of the molecule is CCC(CC)C(Cl)CNC(=O)c1ccc(C(C)(C)C)cc1. The fourth-order valence-electron chi connectivity index (χ4n) is 2.38. The van der Waals surface area contributed by atoms with Crippen LogP contribution in [0.15, 0.2) is 24.3 Å². The number of carbonyl (C=O) groups excluding carboxylic acids is 1. The van der Waals surface area contributed by atoms with Crippen molar-refractivity contribution in [2.45, 2.75) is 58.3 Å². The van der Waals surface area contributed by atoms with Crippen LogP contribution in [0.2, 0.25) is 0 Å². The molecule has 3 heteroatoms. The second-order valence-electron chi connectivity index (χ2n) is 6.63. The van der Waals surface area contributed by atoms with Gasteiger partial charge in [-0.15, -0.1) is 11.6 Å². The zero-order valence-corrected chi connectivity index (χ0v) is 14.6. The summed E-state index contributed by atoms with van der Waals surface area (Å²) in [6.45, 7) is 11.3. The first-order chi connectivity index (χ1) is 9.79. The Bertz CT molecular complexity index is 443. The molecule has 1 unspecified atom stereocenters. The summed E-state index contributed by atoms with van der Waals surface area (Å²) < 4.78 is 0. The third-order valence-corrected chi connectivity index (χ3v) is 4.54. The van der Waals surface area contributed by atoms with Gasteiger partial charge in [-0.2, -0.15) is 0 Å². The highest BCUT2D eigenvalue weighted by molar-refractivity contribution is 6.21. The molecule has 0 heterocycles. The van der Waals surface area contributed by atoms with E-state index in [1.165, 1.54) is 5.56 Å². The molecule has 0 fully saturated rings. The molecule has 0 aliphatic rings. The Balaban J connectivity index is 2.60. The Labute approximate surface area is 134 Å². The predicted molar refractivity (Wildman–Crippen MR) is 91.2 cm³/mol. The summed E-state index contributed by atoms with van der Waals surface area (Å²) in [6.07, 6.45) is 2.08. The van der Waals surface area contributed by atoms with E-state index < -0.39 is 0 Å². The molecule has 21 heavy (non-hydrogen) atoms. The van der Waals surface area contributed by atoms with Crippen LogP contribution in [-0.4, -0.2) is 17.8 Å². The number of hydrogen-bond acceptors (Lipinski definition) is 1. The molecule has 0 bridgehead atoms. The predicted octanol–water partition coefficient (Wildman–Crippen LogP) is 4.76. The number of rotatable bonds is 6. The maximum absolute atomic E-state index is 12.1. The van der Waals surface area contributed by atoms with E-state index in [9.17, 15) is 4.79 Å². The lowest BCUT2D eigenvalue weighted by molar-refractivity contribution is 0.0951. The van der Waals surface area contributed by atoms with Crippen LogP contribution >= 0.6 is 11.6 Å². The molecule has 0 aliphatic heterocycles. The molecule has 1 N–H and O–H groups in total. The topological polar surface area (TPSA) is 29.1 Å². The molecule has 0 saturated carbocycles. The van der Waals surface area contributed by atoms with Gasteiger partial charge in [0.15, 0.2) is 0 Å². The number of nitrogens with one attached hydrogen (secondary N) is 1. The zero-order chi connectivity index (χ0) is 16.0. The van der Waals surface area contributed by atoms with Crippen molar-refractivity contribution in [2.75, 3.05) is 6.54 Å². The van der Waals surface area contributed by atoms with Gasteiger partial charge in [0.2, 0.25) is 0 Å². The van der Waals surface area contributed by atoms with E-state index in [-0.39, 0.29) is 16.7 Å². The Morgan fingerprint density at radius 1 is 1.14 bits per heavy atom. The van der Waals surface area contributed by atoms with Crippen LogP contribution in [0.1, 0.15) is 63.4 Å². The molecular formula is C18H28ClNO. The number of benzene rings is 1. The van der Waals surface area contributed by atoms with E-state index in [0.29, 0.717) is 18.0 Å². The molecule has 0 aliphatic carbocycles. The van der Waals surface area contributed by atoms with Gasteiger partial charge in [-0.3, -0.25) is 4.79 Å². The van der Waals surface area contributed by atoms with Gasteiger partial charge in [-0.05, 0) is 29.0 Å². The van der Waals surface area contributed by atoms with Gasteiger partial charge in [0.05, 0.1) is 5.38 Å². The van der Waals surface area contributed by atoms with E-state index >= 15 is 0 Å². The van der Waals surface area contributed by atoms with E-state index in [1.807, 2.05) is 24.3 Å². The Kier molecular flexibility index (Phi) is 6.73. The molecule has 0 spiro atoms. The third kappa shape index (κ3) is 5.35. The summed E-state index contributed by atoms with van der Waals surface area (Å²) >= 11 is 6.35. The Hall–Kier alpha value is -1.02. The van der Waals surface area contributed by atoms with Crippen LogP contribution in [-0.2, 0) is 5.41 Å². The second-order valence-corrected chi connectivity index (χ2v) is 7.19.